The largest absolute Gasteiger partial charge is 0.339 e. The predicted molar refractivity (Wildman–Crippen MR) is 86.3 cm³/mol. The first kappa shape index (κ1) is 18.2. The minimum absolute atomic E-state index is 0.0436. The molecule has 23 heavy (non-hydrogen) atoms. The molecule has 2 aliphatic rings. The van der Waals surface area contributed by atoms with Gasteiger partial charge in [0.1, 0.15) is 0 Å². The maximum atomic E-state index is 12.6. The molecule has 0 aromatic rings. The number of sulfonamides is 1. The molecule has 132 valence electrons. The van der Waals surface area contributed by atoms with Gasteiger partial charge in [-0.05, 0) is 6.92 Å². The van der Waals surface area contributed by atoms with Crippen molar-refractivity contribution < 1.29 is 18.0 Å². The summed E-state index contributed by atoms with van der Waals surface area (Å²) in [4.78, 5) is 29.5. The summed E-state index contributed by atoms with van der Waals surface area (Å²) >= 11 is 0. The number of nitrogens with zero attached hydrogens (tertiary/aromatic N) is 4. The van der Waals surface area contributed by atoms with Crippen LogP contribution < -0.4 is 0 Å². The molecule has 0 aliphatic carbocycles. The second kappa shape index (κ2) is 7.14. The van der Waals surface area contributed by atoms with Crippen molar-refractivity contribution in [2.24, 2.45) is 0 Å². The first-order valence-corrected chi connectivity index (χ1v) is 9.78. The van der Waals surface area contributed by atoms with Gasteiger partial charge in [0.05, 0.1) is 12.3 Å². The number of amides is 2. The second-order valence-corrected chi connectivity index (χ2v) is 8.19. The third kappa shape index (κ3) is 4.42. The zero-order valence-corrected chi connectivity index (χ0v) is 14.9. The van der Waals surface area contributed by atoms with E-state index in [9.17, 15) is 18.0 Å². The zero-order chi connectivity index (χ0) is 17.2. The van der Waals surface area contributed by atoms with Crippen molar-refractivity contribution in [3.8, 4) is 0 Å². The molecule has 0 bridgehead atoms. The lowest BCUT2D eigenvalue weighted by Gasteiger charge is -2.40. The van der Waals surface area contributed by atoms with Gasteiger partial charge in [0.15, 0.2) is 0 Å². The fraction of sp³-hybridized carbons (Fsp3) is 0.857. The lowest BCUT2D eigenvalue weighted by Crippen LogP contribution is -2.58. The normalized spacial score (nSPS) is 22.9. The Balaban J connectivity index is 1.85. The molecule has 2 heterocycles. The minimum atomic E-state index is -3.16. The molecule has 0 saturated carbocycles. The van der Waals surface area contributed by atoms with E-state index in [1.54, 1.807) is 16.7 Å². The Morgan fingerprint density at radius 2 is 1.35 bits per heavy atom. The van der Waals surface area contributed by atoms with Crippen molar-refractivity contribution >= 4 is 21.8 Å². The SMILES string of the molecule is CC(=O)N1CCN(C(=O)C(C)N2CCN(S(C)(=O)=O)CC2)CC1. The maximum absolute atomic E-state index is 12.6. The first-order chi connectivity index (χ1) is 10.7. The topological polar surface area (TPSA) is 81.2 Å². The van der Waals surface area contributed by atoms with E-state index >= 15 is 0 Å². The summed E-state index contributed by atoms with van der Waals surface area (Å²) < 4.78 is 24.5. The van der Waals surface area contributed by atoms with Gasteiger partial charge >= 0.3 is 0 Å². The molecule has 2 amide bonds. The van der Waals surface area contributed by atoms with Crippen molar-refractivity contribution in [1.29, 1.82) is 0 Å². The minimum Gasteiger partial charge on any atom is -0.339 e. The molecule has 0 radical (unpaired) electrons. The van der Waals surface area contributed by atoms with Crippen LogP contribution in [0.3, 0.4) is 0 Å². The van der Waals surface area contributed by atoms with Crippen molar-refractivity contribution in [3.05, 3.63) is 0 Å². The van der Waals surface area contributed by atoms with Crippen LogP contribution in [0.4, 0.5) is 0 Å². The van der Waals surface area contributed by atoms with E-state index in [4.69, 9.17) is 0 Å². The molecule has 0 spiro atoms. The predicted octanol–water partition coefficient (Wildman–Crippen LogP) is -1.36. The smallest absolute Gasteiger partial charge is 0.239 e. The fourth-order valence-corrected chi connectivity index (χ4v) is 3.91. The molecular weight excluding hydrogens is 320 g/mol. The van der Waals surface area contributed by atoms with Gasteiger partial charge in [0, 0.05) is 59.3 Å². The standard InChI is InChI=1S/C14H26N4O4S/c1-12(15-8-10-18(11-9-15)23(3,21)22)14(20)17-6-4-16(5-7-17)13(2)19/h12H,4-11H2,1-3H3. The van der Waals surface area contributed by atoms with E-state index in [0.717, 1.165) is 0 Å². The molecule has 9 heteroatoms. The van der Waals surface area contributed by atoms with Crippen molar-refractivity contribution in [2.75, 3.05) is 58.6 Å². The molecule has 2 fully saturated rings. The summed E-state index contributed by atoms with van der Waals surface area (Å²) in [6.07, 6.45) is 1.21. The highest BCUT2D eigenvalue weighted by atomic mass is 32.2. The van der Waals surface area contributed by atoms with Crippen LogP contribution in [0.2, 0.25) is 0 Å². The van der Waals surface area contributed by atoms with E-state index in [2.05, 4.69) is 0 Å². The van der Waals surface area contributed by atoms with Gasteiger partial charge in [-0.2, -0.15) is 4.31 Å². The first-order valence-electron chi connectivity index (χ1n) is 7.93. The Morgan fingerprint density at radius 3 is 1.78 bits per heavy atom. The third-order valence-electron chi connectivity index (χ3n) is 4.68. The van der Waals surface area contributed by atoms with Crippen molar-refractivity contribution in [3.63, 3.8) is 0 Å². The van der Waals surface area contributed by atoms with E-state index in [-0.39, 0.29) is 17.9 Å². The summed E-state index contributed by atoms with van der Waals surface area (Å²) in [5.74, 6) is 0.100. The van der Waals surface area contributed by atoms with Gasteiger partial charge in [-0.15, -0.1) is 0 Å². The molecule has 0 aromatic heterocycles. The third-order valence-corrected chi connectivity index (χ3v) is 5.99. The van der Waals surface area contributed by atoms with Gasteiger partial charge in [-0.3, -0.25) is 14.5 Å². The molecule has 2 rings (SSSR count). The molecule has 1 atom stereocenters. The van der Waals surface area contributed by atoms with Gasteiger partial charge in [0.2, 0.25) is 21.8 Å². The summed E-state index contributed by atoms with van der Waals surface area (Å²) in [6.45, 7) is 7.67. The number of hydrogen-bond donors (Lipinski definition) is 0. The number of piperazine rings is 2. The molecule has 0 N–H and O–H groups in total. The summed E-state index contributed by atoms with van der Waals surface area (Å²) in [7, 11) is -3.16. The number of carbonyl (C=O) groups is 2. The van der Waals surface area contributed by atoms with Crippen LogP contribution in [0.1, 0.15) is 13.8 Å². The highest BCUT2D eigenvalue weighted by Crippen LogP contribution is 2.12. The Labute approximate surface area is 138 Å². The van der Waals surface area contributed by atoms with Crippen LogP contribution in [0.15, 0.2) is 0 Å². The van der Waals surface area contributed by atoms with Crippen LogP contribution in [0.5, 0.6) is 0 Å². The fourth-order valence-electron chi connectivity index (χ4n) is 3.08. The van der Waals surface area contributed by atoms with Crippen LogP contribution in [0, 0.1) is 0 Å². The number of rotatable bonds is 3. The maximum Gasteiger partial charge on any atom is 0.239 e. The number of hydrogen-bond acceptors (Lipinski definition) is 5. The van der Waals surface area contributed by atoms with Gasteiger partial charge in [0.25, 0.3) is 0 Å². The average molecular weight is 346 g/mol. The monoisotopic (exact) mass is 346 g/mol. The molecule has 1 unspecified atom stereocenters. The van der Waals surface area contributed by atoms with Gasteiger partial charge in [-0.25, -0.2) is 8.42 Å². The zero-order valence-electron chi connectivity index (χ0n) is 14.1. The lowest BCUT2D eigenvalue weighted by molar-refractivity contribution is -0.142. The van der Waals surface area contributed by atoms with E-state index in [1.807, 2.05) is 11.8 Å². The Morgan fingerprint density at radius 1 is 0.870 bits per heavy atom. The Kier molecular flexibility index (Phi) is 5.64. The van der Waals surface area contributed by atoms with Gasteiger partial charge < -0.3 is 9.80 Å². The van der Waals surface area contributed by atoms with Gasteiger partial charge in [-0.1, -0.05) is 0 Å². The van der Waals surface area contributed by atoms with E-state index in [0.29, 0.717) is 52.4 Å². The molecule has 2 saturated heterocycles. The average Bonchev–Trinajstić information content (AvgIpc) is 2.53. The van der Waals surface area contributed by atoms with Crippen LogP contribution in [-0.4, -0.2) is 104 Å². The quantitative estimate of drug-likeness (QED) is 0.631. The van der Waals surface area contributed by atoms with E-state index < -0.39 is 10.0 Å². The van der Waals surface area contributed by atoms with Crippen molar-refractivity contribution in [2.45, 2.75) is 19.9 Å². The summed E-state index contributed by atoms with van der Waals surface area (Å²) in [5.41, 5.74) is 0. The van der Waals surface area contributed by atoms with E-state index in [1.165, 1.54) is 10.6 Å². The number of carbonyl (C=O) groups excluding carboxylic acids is 2. The molecule has 8 nitrogen and oxygen atoms in total. The van der Waals surface area contributed by atoms with Crippen LogP contribution in [-0.2, 0) is 19.6 Å². The van der Waals surface area contributed by atoms with Crippen molar-refractivity contribution in [1.82, 2.24) is 19.0 Å². The lowest BCUT2D eigenvalue weighted by atomic mass is 10.2. The highest BCUT2D eigenvalue weighted by Gasteiger charge is 2.32. The molecule has 0 aromatic carbocycles. The Hall–Kier alpha value is -1.19. The summed E-state index contributed by atoms with van der Waals surface area (Å²) in [6, 6.07) is -0.263. The molecular formula is C14H26N4O4S. The second-order valence-electron chi connectivity index (χ2n) is 6.21. The summed E-state index contributed by atoms with van der Waals surface area (Å²) in [5, 5.41) is 0. The Bertz CT molecular complexity index is 549. The highest BCUT2D eigenvalue weighted by molar-refractivity contribution is 7.88. The van der Waals surface area contributed by atoms with Crippen LogP contribution >= 0.6 is 0 Å². The van der Waals surface area contributed by atoms with Crippen LogP contribution in [0.25, 0.3) is 0 Å². The molecule has 2 aliphatic heterocycles.